The highest BCUT2D eigenvalue weighted by atomic mass is 16.5. The zero-order chi connectivity index (χ0) is 17.2. The number of ether oxygens (including phenoxy) is 2. The summed E-state index contributed by atoms with van der Waals surface area (Å²) in [6, 6.07) is 16.4. The molecular weight excluding hydrogens is 312 g/mol. The van der Waals surface area contributed by atoms with Crippen molar-refractivity contribution in [1.82, 2.24) is 9.78 Å². The molecule has 0 saturated carbocycles. The van der Waals surface area contributed by atoms with E-state index in [1.165, 1.54) is 29.8 Å². The molecule has 1 heterocycles. The number of rotatable bonds is 4. The molecule has 0 atom stereocenters. The van der Waals surface area contributed by atoms with Crippen LogP contribution in [0.2, 0.25) is 0 Å². The van der Waals surface area contributed by atoms with Crippen molar-refractivity contribution in [2.45, 2.75) is 25.7 Å². The third-order valence-electron chi connectivity index (χ3n) is 4.81. The summed E-state index contributed by atoms with van der Waals surface area (Å²) in [6.45, 7) is 0. The number of para-hydroxylation sites is 1. The first-order chi connectivity index (χ1) is 12.3. The van der Waals surface area contributed by atoms with Crippen LogP contribution in [0, 0.1) is 0 Å². The fourth-order valence-corrected chi connectivity index (χ4v) is 3.59. The van der Waals surface area contributed by atoms with Crippen LogP contribution in [0.25, 0.3) is 16.9 Å². The first-order valence-corrected chi connectivity index (χ1v) is 8.70. The highest BCUT2D eigenvalue weighted by molar-refractivity contribution is 5.70. The van der Waals surface area contributed by atoms with E-state index >= 15 is 0 Å². The van der Waals surface area contributed by atoms with Crippen molar-refractivity contribution in [1.29, 1.82) is 0 Å². The van der Waals surface area contributed by atoms with Crippen LogP contribution in [0.3, 0.4) is 0 Å². The predicted molar refractivity (Wildman–Crippen MR) is 98.7 cm³/mol. The lowest BCUT2D eigenvalue weighted by molar-refractivity contribution is 0.355. The molecule has 0 saturated heterocycles. The highest BCUT2D eigenvalue weighted by Gasteiger charge is 2.23. The van der Waals surface area contributed by atoms with E-state index in [0.717, 1.165) is 35.6 Å². The Morgan fingerprint density at radius 1 is 0.880 bits per heavy atom. The van der Waals surface area contributed by atoms with Gasteiger partial charge in [-0.1, -0.05) is 18.2 Å². The second-order valence-electron chi connectivity index (χ2n) is 6.30. The Kier molecular flexibility index (Phi) is 4.18. The summed E-state index contributed by atoms with van der Waals surface area (Å²) in [4.78, 5) is 0. The van der Waals surface area contributed by atoms with Crippen LogP contribution in [0.5, 0.6) is 11.5 Å². The number of fused-ring (bicyclic) bond motifs is 1. The monoisotopic (exact) mass is 334 g/mol. The van der Waals surface area contributed by atoms with Crippen LogP contribution in [-0.2, 0) is 12.8 Å². The number of nitrogens with zero attached hydrogens (tertiary/aromatic N) is 2. The van der Waals surface area contributed by atoms with Gasteiger partial charge in [0.1, 0.15) is 0 Å². The van der Waals surface area contributed by atoms with Gasteiger partial charge < -0.3 is 9.47 Å². The molecule has 0 spiro atoms. The normalized spacial score (nSPS) is 13.4. The van der Waals surface area contributed by atoms with Gasteiger partial charge in [0.2, 0.25) is 0 Å². The van der Waals surface area contributed by atoms with Crippen molar-refractivity contribution < 1.29 is 9.47 Å². The minimum atomic E-state index is 0.741. The Balaban J connectivity index is 1.93. The lowest BCUT2D eigenvalue weighted by atomic mass is 9.93. The van der Waals surface area contributed by atoms with Gasteiger partial charge in [-0.05, 0) is 56.0 Å². The van der Waals surface area contributed by atoms with Crippen LogP contribution in [0.1, 0.15) is 24.1 Å². The Bertz CT molecular complexity index is 884. The molecule has 128 valence electrons. The number of aromatic nitrogens is 2. The van der Waals surface area contributed by atoms with Gasteiger partial charge in [-0.15, -0.1) is 0 Å². The van der Waals surface area contributed by atoms with Crippen LogP contribution in [0.4, 0.5) is 0 Å². The number of aryl methyl sites for hydroxylation is 1. The summed E-state index contributed by atoms with van der Waals surface area (Å²) in [5, 5.41) is 4.94. The smallest absolute Gasteiger partial charge is 0.161 e. The molecule has 0 fully saturated rings. The zero-order valence-corrected chi connectivity index (χ0v) is 14.7. The minimum absolute atomic E-state index is 0.741. The summed E-state index contributed by atoms with van der Waals surface area (Å²) in [6.07, 6.45) is 4.55. The van der Waals surface area contributed by atoms with E-state index < -0.39 is 0 Å². The maximum Gasteiger partial charge on any atom is 0.161 e. The van der Waals surface area contributed by atoms with Gasteiger partial charge in [-0.2, -0.15) is 5.10 Å². The average molecular weight is 334 g/mol. The molecule has 2 aromatic carbocycles. The molecule has 1 aliphatic carbocycles. The lowest BCUT2D eigenvalue weighted by Gasteiger charge is -2.14. The quantitative estimate of drug-likeness (QED) is 0.708. The lowest BCUT2D eigenvalue weighted by Crippen LogP contribution is -2.01. The predicted octanol–water partition coefficient (Wildman–Crippen LogP) is 4.44. The van der Waals surface area contributed by atoms with Gasteiger partial charge in [-0.25, -0.2) is 4.68 Å². The van der Waals surface area contributed by atoms with Crippen molar-refractivity contribution in [3.63, 3.8) is 0 Å². The largest absolute Gasteiger partial charge is 0.493 e. The number of hydrogen-bond donors (Lipinski definition) is 0. The van der Waals surface area contributed by atoms with E-state index in [4.69, 9.17) is 14.6 Å². The molecule has 0 amide bonds. The number of benzene rings is 2. The molecule has 3 aromatic rings. The molecule has 0 radical (unpaired) electrons. The third kappa shape index (κ3) is 2.78. The molecule has 0 unspecified atom stereocenters. The summed E-state index contributed by atoms with van der Waals surface area (Å²) >= 11 is 0. The van der Waals surface area contributed by atoms with Gasteiger partial charge in [0.05, 0.1) is 31.3 Å². The standard InChI is InChI=1S/C21H22N2O2/c1-24-19-13-12-15(14-20(19)25-2)21-17-10-6-7-11-18(17)22-23(21)16-8-4-3-5-9-16/h3-5,8-9,12-14H,6-7,10-11H2,1-2H3. The number of hydrogen-bond acceptors (Lipinski definition) is 3. The first kappa shape index (κ1) is 15.8. The van der Waals surface area contributed by atoms with Gasteiger partial charge in [0.25, 0.3) is 0 Å². The van der Waals surface area contributed by atoms with Crippen molar-refractivity contribution in [3.05, 3.63) is 59.8 Å². The van der Waals surface area contributed by atoms with Crippen molar-refractivity contribution in [2.24, 2.45) is 0 Å². The summed E-state index contributed by atoms with van der Waals surface area (Å²) in [5.74, 6) is 1.48. The van der Waals surface area contributed by atoms with Crippen LogP contribution in [-0.4, -0.2) is 24.0 Å². The van der Waals surface area contributed by atoms with Crippen molar-refractivity contribution >= 4 is 0 Å². The Morgan fingerprint density at radius 3 is 2.40 bits per heavy atom. The molecule has 1 aromatic heterocycles. The topological polar surface area (TPSA) is 36.3 Å². The van der Waals surface area contributed by atoms with E-state index in [-0.39, 0.29) is 0 Å². The molecule has 0 bridgehead atoms. The highest BCUT2D eigenvalue weighted by Crippen LogP contribution is 2.37. The van der Waals surface area contributed by atoms with E-state index in [1.807, 2.05) is 30.3 Å². The zero-order valence-electron chi connectivity index (χ0n) is 14.7. The minimum Gasteiger partial charge on any atom is -0.493 e. The molecule has 25 heavy (non-hydrogen) atoms. The van der Waals surface area contributed by atoms with E-state index in [2.05, 4.69) is 22.9 Å². The van der Waals surface area contributed by atoms with Gasteiger partial charge >= 0.3 is 0 Å². The maximum absolute atomic E-state index is 5.51. The summed E-state index contributed by atoms with van der Waals surface area (Å²) in [7, 11) is 3.33. The number of methoxy groups -OCH3 is 2. The second kappa shape index (κ2) is 6.63. The van der Waals surface area contributed by atoms with Gasteiger partial charge in [-0.3, -0.25) is 0 Å². The van der Waals surface area contributed by atoms with E-state index in [9.17, 15) is 0 Å². The van der Waals surface area contributed by atoms with Crippen LogP contribution < -0.4 is 9.47 Å². The van der Waals surface area contributed by atoms with Crippen LogP contribution in [0.15, 0.2) is 48.5 Å². The Hall–Kier alpha value is -2.75. The van der Waals surface area contributed by atoms with Gasteiger partial charge in [0.15, 0.2) is 11.5 Å². The SMILES string of the molecule is COc1ccc(-c2c3c(nn2-c2ccccc2)CCCC3)cc1OC. The maximum atomic E-state index is 5.51. The van der Waals surface area contributed by atoms with E-state index in [1.54, 1.807) is 14.2 Å². The van der Waals surface area contributed by atoms with Crippen molar-refractivity contribution in [2.75, 3.05) is 14.2 Å². The van der Waals surface area contributed by atoms with Gasteiger partial charge in [0, 0.05) is 11.1 Å². The molecule has 4 rings (SSSR count). The van der Waals surface area contributed by atoms with E-state index in [0.29, 0.717) is 0 Å². The Morgan fingerprint density at radius 2 is 1.64 bits per heavy atom. The van der Waals surface area contributed by atoms with Crippen molar-refractivity contribution in [3.8, 4) is 28.4 Å². The third-order valence-corrected chi connectivity index (χ3v) is 4.81. The second-order valence-corrected chi connectivity index (χ2v) is 6.30. The first-order valence-electron chi connectivity index (χ1n) is 8.70. The molecule has 4 nitrogen and oxygen atoms in total. The fourth-order valence-electron chi connectivity index (χ4n) is 3.59. The average Bonchev–Trinajstić information content (AvgIpc) is 3.07. The summed E-state index contributed by atoms with van der Waals surface area (Å²) < 4.78 is 13.0. The molecule has 1 aliphatic rings. The Labute approximate surface area is 148 Å². The molecular formula is C21H22N2O2. The molecule has 0 aliphatic heterocycles. The molecule has 4 heteroatoms. The summed E-state index contributed by atoms with van der Waals surface area (Å²) in [5.41, 5.74) is 5.95. The molecule has 0 N–H and O–H groups in total. The van der Waals surface area contributed by atoms with Crippen LogP contribution >= 0.6 is 0 Å². The fraction of sp³-hybridized carbons (Fsp3) is 0.286.